The second-order valence-corrected chi connectivity index (χ2v) is 5.56. The number of aromatic nitrogens is 2. The van der Waals surface area contributed by atoms with Crippen LogP contribution in [0.5, 0.6) is 0 Å². The number of fused-ring (bicyclic) bond motifs is 1. The third-order valence-corrected chi connectivity index (χ3v) is 4.05. The van der Waals surface area contributed by atoms with Gasteiger partial charge >= 0.3 is 0 Å². The molecular weight excluding hydrogens is 316 g/mol. The fourth-order valence-corrected chi connectivity index (χ4v) is 2.64. The maximum absolute atomic E-state index is 12.5. The number of thioether (sulfide) groups is 1. The summed E-state index contributed by atoms with van der Waals surface area (Å²) in [6.07, 6.45) is 3.30. The Labute approximate surface area is 135 Å². The minimum atomic E-state index is -0.564. The molecule has 1 N–H and O–H groups in total. The van der Waals surface area contributed by atoms with Crippen LogP contribution in [0.1, 0.15) is 10.4 Å². The molecule has 1 heterocycles. The van der Waals surface area contributed by atoms with Crippen molar-refractivity contribution in [3.8, 4) is 0 Å². The monoisotopic (exact) mass is 328 g/mol. The van der Waals surface area contributed by atoms with Crippen LogP contribution in [0.3, 0.4) is 0 Å². The quantitative estimate of drug-likeness (QED) is 0.451. The number of benzene rings is 2. The van der Waals surface area contributed by atoms with Gasteiger partial charge in [0.15, 0.2) is 0 Å². The lowest BCUT2D eigenvalue weighted by Crippen LogP contribution is -2.23. The molecule has 1 amide bonds. The van der Waals surface area contributed by atoms with Crippen LogP contribution in [0.4, 0.5) is 5.69 Å². The van der Waals surface area contributed by atoms with Gasteiger partial charge in [-0.05, 0) is 30.5 Å². The molecule has 0 aliphatic carbocycles. The van der Waals surface area contributed by atoms with Gasteiger partial charge in [-0.1, -0.05) is 12.1 Å². The zero-order valence-corrected chi connectivity index (χ0v) is 12.9. The second-order valence-electron chi connectivity index (χ2n) is 4.68. The fraction of sp³-hybridized carbons (Fsp3) is 0.0667. The molecule has 0 unspecified atom stereocenters. The van der Waals surface area contributed by atoms with E-state index in [0.717, 1.165) is 10.4 Å². The van der Waals surface area contributed by atoms with Crippen LogP contribution >= 0.6 is 11.8 Å². The molecule has 0 aliphatic heterocycles. The minimum Gasteiger partial charge on any atom is -0.267 e. The lowest BCUT2D eigenvalue weighted by Gasteiger charge is -2.08. The van der Waals surface area contributed by atoms with Crippen molar-refractivity contribution in [2.75, 3.05) is 11.7 Å². The third-order valence-electron chi connectivity index (χ3n) is 3.32. The van der Waals surface area contributed by atoms with Crippen molar-refractivity contribution < 1.29 is 9.72 Å². The number of nitro groups is 1. The highest BCUT2D eigenvalue weighted by atomic mass is 32.2. The molecule has 0 aliphatic rings. The van der Waals surface area contributed by atoms with E-state index in [1.807, 2.05) is 24.5 Å². The topological polar surface area (TPSA) is 90.1 Å². The first kappa shape index (κ1) is 15.0. The Morgan fingerprint density at radius 1 is 1.30 bits per heavy atom. The second kappa shape index (κ2) is 6.09. The van der Waals surface area contributed by atoms with Crippen LogP contribution in [0.2, 0.25) is 0 Å². The Kier molecular flexibility index (Phi) is 3.98. The molecule has 3 aromatic rings. The van der Waals surface area contributed by atoms with E-state index >= 15 is 0 Å². The van der Waals surface area contributed by atoms with Crippen molar-refractivity contribution in [3.63, 3.8) is 0 Å². The van der Waals surface area contributed by atoms with Gasteiger partial charge in [-0.3, -0.25) is 20.3 Å². The van der Waals surface area contributed by atoms with E-state index in [4.69, 9.17) is 0 Å². The van der Waals surface area contributed by atoms with Crippen LogP contribution in [-0.2, 0) is 0 Å². The standard InChI is InChI=1S/C15H12N4O3S/c1-23-10-6-7-13(19(21)22)11(8-10)15(20)17-18-9-16-12-4-2-3-5-14(12)18/h2-9H,1H3,(H,17,20). The summed E-state index contributed by atoms with van der Waals surface area (Å²) in [4.78, 5) is 28.0. The lowest BCUT2D eigenvalue weighted by atomic mass is 10.1. The summed E-state index contributed by atoms with van der Waals surface area (Å²) in [5, 5.41) is 11.1. The number of carbonyl (C=O) groups is 1. The fourth-order valence-electron chi connectivity index (χ4n) is 2.20. The van der Waals surface area contributed by atoms with Crippen molar-refractivity contribution in [1.82, 2.24) is 9.66 Å². The molecule has 0 saturated heterocycles. The Bertz CT molecular complexity index is 907. The van der Waals surface area contributed by atoms with E-state index in [9.17, 15) is 14.9 Å². The summed E-state index contributed by atoms with van der Waals surface area (Å²) in [6.45, 7) is 0. The largest absolute Gasteiger partial charge is 0.282 e. The van der Waals surface area contributed by atoms with Gasteiger partial charge in [0.25, 0.3) is 11.6 Å². The highest BCUT2D eigenvalue weighted by molar-refractivity contribution is 7.98. The molecule has 7 nitrogen and oxygen atoms in total. The average molecular weight is 328 g/mol. The molecule has 0 saturated carbocycles. The van der Waals surface area contributed by atoms with E-state index in [0.29, 0.717) is 5.52 Å². The van der Waals surface area contributed by atoms with E-state index in [2.05, 4.69) is 10.4 Å². The highest BCUT2D eigenvalue weighted by Crippen LogP contribution is 2.25. The predicted molar refractivity (Wildman–Crippen MR) is 88.3 cm³/mol. The zero-order valence-electron chi connectivity index (χ0n) is 12.1. The number of para-hydroxylation sites is 2. The number of rotatable bonds is 4. The van der Waals surface area contributed by atoms with Crippen LogP contribution in [0, 0.1) is 10.1 Å². The first-order valence-corrected chi connectivity index (χ1v) is 7.88. The minimum absolute atomic E-state index is 0.0135. The summed E-state index contributed by atoms with van der Waals surface area (Å²) < 4.78 is 1.45. The summed E-state index contributed by atoms with van der Waals surface area (Å²) in [5.41, 5.74) is 3.85. The van der Waals surface area contributed by atoms with Gasteiger partial charge in [0.2, 0.25) is 0 Å². The number of hydrogen-bond acceptors (Lipinski definition) is 5. The number of amides is 1. The summed E-state index contributed by atoms with van der Waals surface area (Å²) in [7, 11) is 0. The molecule has 23 heavy (non-hydrogen) atoms. The SMILES string of the molecule is CSc1ccc([N+](=O)[O-])c(C(=O)Nn2cnc3ccccc32)c1. The molecule has 0 fully saturated rings. The van der Waals surface area contributed by atoms with Crippen molar-refractivity contribution in [2.24, 2.45) is 0 Å². The maximum Gasteiger partial charge on any atom is 0.282 e. The molecule has 1 aromatic heterocycles. The van der Waals surface area contributed by atoms with Crippen molar-refractivity contribution >= 4 is 34.4 Å². The van der Waals surface area contributed by atoms with Crippen molar-refractivity contribution in [1.29, 1.82) is 0 Å². The van der Waals surface area contributed by atoms with Gasteiger partial charge in [0.1, 0.15) is 11.9 Å². The third kappa shape index (κ3) is 2.88. The lowest BCUT2D eigenvalue weighted by molar-refractivity contribution is -0.385. The summed E-state index contributed by atoms with van der Waals surface area (Å²) in [5.74, 6) is -0.559. The van der Waals surface area contributed by atoms with Gasteiger partial charge in [-0.25, -0.2) is 9.66 Å². The molecule has 8 heteroatoms. The predicted octanol–water partition coefficient (Wildman–Crippen LogP) is 3.05. The van der Waals surface area contributed by atoms with Crippen LogP contribution in [0.15, 0.2) is 53.7 Å². The van der Waals surface area contributed by atoms with Gasteiger partial charge in [-0.15, -0.1) is 11.8 Å². The van der Waals surface area contributed by atoms with Gasteiger partial charge in [-0.2, -0.15) is 0 Å². The maximum atomic E-state index is 12.5. The zero-order chi connectivity index (χ0) is 16.4. The molecule has 0 atom stereocenters. The van der Waals surface area contributed by atoms with Crippen molar-refractivity contribution in [3.05, 3.63) is 64.5 Å². The van der Waals surface area contributed by atoms with Crippen molar-refractivity contribution in [2.45, 2.75) is 4.90 Å². The van der Waals surface area contributed by atoms with Crippen LogP contribution in [0.25, 0.3) is 11.0 Å². The highest BCUT2D eigenvalue weighted by Gasteiger charge is 2.21. The van der Waals surface area contributed by atoms with Crippen LogP contribution < -0.4 is 5.43 Å². The van der Waals surface area contributed by atoms with Gasteiger partial charge in [0, 0.05) is 11.0 Å². The number of hydrogen-bond donors (Lipinski definition) is 1. The number of imidazole rings is 1. The first-order valence-electron chi connectivity index (χ1n) is 6.66. The Balaban J connectivity index is 1.98. The Morgan fingerprint density at radius 3 is 2.83 bits per heavy atom. The van der Waals surface area contributed by atoms with E-state index in [1.54, 1.807) is 12.1 Å². The van der Waals surface area contributed by atoms with Gasteiger partial charge in [0.05, 0.1) is 16.0 Å². The number of carbonyl (C=O) groups excluding carboxylic acids is 1. The molecule has 0 radical (unpaired) electrons. The molecule has 3 rings (SSSR count). The Morgan fingerprint density at radius 2 is 2.09 bits per heavy atom. The first-order chi connectivity index (χ1) is 11.1. The number of nitrogens with zero attached hydrogens (tertiary/aromatic N) is 3. The number of nitro benzene ring substituents is 1. The van der Waals surface area contributed by atoms with Crippen LogP contribution in [-0.4, -0.2) is 26.7 Å². The Hall–Kier alpha value is -2.87. The average Bonchev–Trinajstić information content (AvgIpc) is 2.97. The van der Waals surface area contributed by atoms with E-state index in [-0.39, 0.29) is 11.3 Å². The van der Waals surface area contributed by atoms with E-state index in [1.165, 1.54) is 34.9 Å². The molecule has 0 bridgehead atoms. The smallest absolute Gasteiger partial charge is 0.267 e. The molecule has 2 aromatic carbocycles. The molecule has 0 spiro atoms. The molecule has 116 valence electrons. The normalized spacial score (nSPS) is 10.7. The number of nitrogens with one attached hydrogen (secondary N) is 1. The van der Waals surface area contributed by atoms with E-state index < -0.39 is 10.8 Å². The molecular formula is C15H12N4O3S. The summed E-state index contributed by atoms with van der Waals surface area (Å²) >= 11 is 1.41. The summed E-state index contributed by atoms with van der Waals surface area (Å²) in [6, 6.07) is 11.7. The van der Waals surface area contributed by atoms with Gasteiger partial charge < -0.3 is 0 Å².